The number of ether oxygens (including phenoxy) is 1. The van der Waals surface area contributed by atoms with Crippen molar-refractivity contribution < 1.29 is 9.53 Å². The van der Waals surface area contributed by atoms with E-state index in [1.165, 1.54) is 6.92 Å². The second kappa shape index (κ2) is 4.78. The second-order valence-electron chi connectivity index (χ2n) is 3.80. The Bertz CT molecular complexity index is 532. The fourth-order valence-electron chi connectivity index (χ4n) is 1.45. The molecule has 0 amide bonds. The Labute approximate surface area is 100 Å². The van der Waals surface area contributed by atoms with Gasteiger partial charge in [-0.3, -0.25) is 4.79 Å². The van der Waals surface area contributed by atoms with Gasteiger partial charge in [-0.15, -0.1) is 0 Å². The maximum absolute atomic E-state index is 11.1. The zero-order valence-electron chi connectivity index (χ0n) is 9.81. The van der Waals surface area contributed by atoms with Crippen molar-refractivity contribution in [1.82, 2.24) is 4.98 Å². The first-order valence-corrected chi connectivity index (χ1v) is 5.37. The molecule has 17 heavy (non-hydrogen) atoms. The Hall–Kier alpha value is -2.16. The van der Waals surface area contributed by atoms with E-state index < -0.39 is 0 Å². The van der Waals surface area contributed by atoms with Crippen molar-refractivity contribution in [2.45, 2.75) is 13.8 Å². The third kappa shape index (κ3) is 2.69. The van der Waals surface area contributed by atoms with Crippen LogP contribution in [0.25, 0.3) is 0 Å². The number of carbonyl (C=O) groups excluding carboxylic acids is 1. The summed E-state index contributed by atoms with van der Waals surface area (Å²) < 4.78 is 5.67. The predicted octanol–water partition coefficient (Wildman–Crippen LogP) is 3.38. The Morgan fingerprint density at radius 3 is 2.53 bits per heavy atom. The molecule has 0 atom stereocenters. The average molecular weight is 227 g/mol. The van der Waals surface area contributed by atoms with E-state index in [0.717, 1.165) is 11.3 Å². The molecule has 0 saturated carbocycles. The summed E-state index contributed by atoms with van der Waals surface area (Å²) in [6.07, 6.45) is 1.56. The molecule has 1 aromatic heterocycles. The summed E-state index contributed by atoms with van der Waals surface area (Å²) >= 11 is 0. The topological polar surface area (TPSA) is 39.2 Å². The molecule has 0 aliphatic carbocycles. The SMILES string of the molecule is CC(=O)c1ccc(Oc2ccccc2C)cn1. The number of aromatic nitrogens is 1. The predicted molar refractivity (Wildman–Crippen MR) is 65.5 cm³/mol. The number of ketones is 1. The zero-order valence-corrected chi connectivity index (χ0v) is 9.81. The van der Waals surface area contributed by atoms with Crippen molar-refractivity contribution in [2.24, 2.45) is 0 Å². The van der Waals surface area contributed by atoms with Gasteiger partial charge in [0, 0.05) is 6.92 Å². The molecule has 0 saturated heterocycles. The lowest BCUT2D eigenvalue weighted by Crippen LogP contribution is -1.96. The summed E-state index contributed by atoms with van der Waals surface area (Å²) in [6, 6.07) is 11.2. The van der Waals surface area contributed by atoms with E-state index in [4.69, 9.17) is 4.74 Å². The number of hydrogen-bond donors (Lipinski definition) is 0. The highest BCUT2D eigenvalue weighted by atomic mass is 16.5. The lowest BCUT2D eigenvalue weighted by atomic mass is 10.2. The van der Waals surface area contributed by atoms with Crippen molar-refractivity contribution in [3.8, 4) is 11.5 Å². The van der Waals surface area contributed by atoms with E-state index in [9.17, 15) is 4.79 Å². The van der Waals surface area contributed by atoms with Crippen LogP contribution in [0.4, 0.5) is 0 Å². The molecule has 0 unspecified atom stereocenters. The molecule has 0 bridgehead atoms. The lowest BCUT2D eigenvalue weighted by Gasteiger charge is -2.07. The van der Waals surface area contributed by atoms with Crippen LogP contribution in [0.1, 0.15) is 23.0 Å². The van der Waals surface area contributed by atoms with Crippen LogP contribution in [-0.4, -0.2) is 10.8 Å². The number of para-hydroxylation sites is 1. The number of nitrogens with zero attached hydrogens (tertiary/aromatic N) is 1. The molecule has 2 aromatic rings. The summed E-state index contributed by atoms with van der Waals surface area (Å²) in [5.74, 6) is 1.38. The smallest absolute Gasteiger partial charge is 0.178 e. The van der Waals surface area contributed by atoms with Crippen LogP contribution >= 0.6 is 0 Å². The summed E-state index contributed by atoms with van der Waals surface area (Å²) in [5.41, 5.74) is 1.50. The van der Waals surface area contributed by atoms with Gasteiger partial charge in [0.05, 0.1) is 6.20 Å². The first kappa shape index (κ1) is 11.3. The third-order valence-electron chi connectivity index (χ3n) is 2.42. The Kier molecular flexibility index (Phi) is 3.19. The summed E-state index contributed by atoms with van der Waals surface area (Å²) in [7, 11) is 0. The Morgan fingerprint density at radius 2 is 1.94 bits per heavy atom. The molecule has 1 aromatic carbocycles. The van der Waals surface area contributed by atoms with Crippen LogP contribution in [0, 0.1) is 6.92 Å². The van der Waals surface area contributed by atoms with Crippen LogP contribution in [0.5, 0.6) is 11.5 Å². The summed E-state index contributed by atoms with van der Waals surface area (Å²) in [5, 5.41) is 0. The summed E-state index contributed by atoms with van der Waals surface area (Å²) in [6.45, 7) is 3.47. The average Bonchev–Trinajstić information content (AvgIpc) is 2.33. The van der Waals surface area contributed by atoms with Crippen molar-refractivity contribution >= 4 is 5.78 Å². The molecule has 86 valence electrons. The largest absolute Gasteiger partial charge is 0.455 e. The van der Waals surface area contributed by atoms with Crippen molar-refractivity contribution in [2.75, 3.05) is 0 Å². The molecular weight excluding hydrogens is 214 g/mol. The van der Waals surface area contributed by atoms with Gasteiger partial charge in [-0.2, -0.15) is 0 Å². The van der Waals surface area contributed by atoms with Gasteiger partial charge >= 0.3 is 0 Å². The zero-order chi connectivity index (χ0) is 12.3. The molecule has 0 spiro atoms. The molecule has 2 rings (SSSR count). The van der Waals surface area contributed by atoms with Gasteiger partial charge in [-0.25, -0.2) is 4.98 Å². The molecular formula is C14H13NO2. The number of carbonyl (C=O) groups is 1. The van der Waals surface area contributed by atoms with Gasteiger partial charge in [0.1, 0.15) is 17.2 Å². The number of Topliss-reactive ketones (excluding diaryl/α,β-unsaturated/α-hetero) is 1. The van der Waals surface area contributed by atoms with E-state index in [2.05, 4.69) is 4.98 Å². The van der Waals surface area contributed by atoms with E-state index >= 15 is 0 Å². The molecule has 3 heteroatoms. The number of rotatable bonds is 3. The molecule has 0 aliphatic rings. The first-order valence-electron chi connectivity index (χ1n) is 5.37. The molecule has 3 nitrogen and oxygen atoms in total. The molecule has 1 heterocycles. The van der Waals surface area contributed by atoms with Crippen LogP contribution in [-0.2, 0) is 0 Å². The van der Waals surface area contributed by atoms with Gasteiger partial charge < -0.3 is 4.74 Å². The Balaban J connectivity index is 2.20. The highest BCUT2D eigenvalue weighted by Crippen LogP contribution is 2.23. The fourth-order valence-corrected chi connectivity index (χ4v) is 1.45. The summed E-state index contributed by atoms with van der Waals surface area (Å²) in [4.78, 5) is 15.1. The minimum Gasteiger partial charge on any atom is -0.455 e. The van der Waals surface area contributed by atoms with E-state index in [1.54, 1.807) is 18.3 Å². The van der Waals surface area contributed by atoms with E-state index in [0.29, 0.717) is 11.4 Å². The van der Waals surface area contributed by atoms with Crippen molar-refractivity contribution in [3.63, 3.8) is 0 Å². The maximum Gasteiger partial charge on any atom is 0.178 e. The number of hydrogen-bond acceptors (Lipinski definition) is 3. The minimum absolute atomic E-state index is 0.0487. The second-order valence-corrected chi connectivity index (χ2v) is 3.80. The molecule has 0 fully saturated rings. The molecule has 0 radical (unpaired) electrons. The standard InChI is InChI=1S/C14H13NO2/c1-10-5-3-4-6-14(10)17-12-7-8-13(11(2)16)15-9-12/h3-9H,1-2H3. The van der Waals surface area contributed by atoms with Gasteiger partial charge in [-0.05, 0) is 30.7 Å². The van der Waals surface area contributed by atoms with Crippen LogP contribution in [0.3, 0.4) is 0 Å². The number of benzene rings is 1. The lowest BCUT2D eigenvalue weighted by molar-refractivity contribution is 0.101. The van der Waals surface area contributed by atoms with Gasteiger partial charge in [-0.1, -0.05) is 18.2 Å². The molecule has 0 N–H and O–H groups in total. The van der Waals surface area contributed by atoms with Gasteiger partial charge in [0.25, 0.3) is 0 Å². The highest BCUT2D eigenvalue weighted by Gasteiger charge is 2.03. The van der Waals surface area contributed by atoms with Crippen LogP contribution < -0.4 is 4.74 Å². The van der Waals surface area contributed by atoms with Gasteiger partial charge in [0.15, 0.2) is 5.78 Å². The van der Waals surface area contributed by atoms with Crippen LogP contribution in [0.15, 0.2) is 42.6 Å². The normalized spacial score (nSPS) is 10.0. The van der Waals surface area contributed by atoms with E-state index in [1.807, 2.05) is 31.2 Å². The maximum atomic E-state index is 11.1. The van der Waals surface area contributed by atoms with E-state index in [-0.39, 0.29) is 5.78 Å². The quantitative estimate of drug-likeness (QED) is 0.754. The monoisotopic (exact) mass is 227 g/mol. The minimum atomic E-state index is -0.0487. The molecule has 0 aliphatic heterocycles. The number of aryl methyl sites for hydroxylation is 1. The highest BCUT2D eigenvalue weighted by molar-refractivity contribution is 5.92. The van der Waals surface area contributed by atoms with Crippen molar-refractivity contribution in [1.29, 1.82) is 0 Å². The Morgan fingerprint density at radius 1 is 1.18 bits per heavy atom. The first-order chi connectivity index (χ1) is 8.16. The fraction of sp³-hybridized carbons (Fsp3) is 0.143. The van der Waals surface area contributed by atoms with Crippen LogP contribution in [0.2, 0.25) is 0 Å². The number of pyridine rings is 1. The third-order valence-corrected chi connectivity index (χ3v) is 2.42. The van der Waals surface area contributed by atoms with Crippen molar-refractivity contribution in [3.05, 3.63) is 53.9 Å². The van der Waals surface area contributed by atoms with Gasteiger partial charge in [0.2, 0.25) is 0 Å².